The molecule has 2 amide bonds. The fourth-order valence-electron chi connectivity index (χ4n) is 5.40. The standard InChI is InChI=1S/C25H28F3N7O2/c1-13-10-34(24(37)15-5-3-4-6-15)11-19(13)33-23(36)17-7-16(9-30-14(17)2)20-8-18(25(26,27)28)21-22(29)31-12-32-35(20)21/h7-9,12-13,15,19H,3-6,10-11H2,1-2H3,(H,33,36)(H2,29,31,32)/t13-,19+/m0/s1. The SMILES string of the molecule is Cc1ncc(-c2cc(C(F)(F)F)c3c(N)ncnn23)cc1C(=O)N[C@@H]1CN(C(=O)C2CCCC2)C[C@@H]1C. The van der Waals surface area contributed by atoms with Gasteiger partial charge in [0.15, 0.2) is 5.82 Å². The van der Waals surface area contributed by atoms with Gasteiger partial charge in [-0.1, -0.05) is 19.8 Å². The lowest BCUT2D eigenvalue weighted by Crippen LogP contribution is -2.41. The third-order valence-electron chi connectivity index (χ3n) is 7.46. The molecule has 0 radical (unpaired) electrons. The number of rotatable bonds is 4. The van der Waals surface area contributed by atoms with Crippen LogP contribution in [0.4, 0.5) is 19.0 Å². The first-order valence-corrected chi connectivity index (χ1v) is 12.3. The molecule has 2 aliphatic rings. The van der Waals surface area contributed by atoms with Crippen molar-refractivity contribution in [1.82, 2.24) is 29.8 Å². The molecule has 3 aromatic rings. The van der Waals surface area contributed by atoms with Gasteiger partial charge in [0.25, 0.3) is 5.91 Å². The summed E-state index contributed by atoms with van der Waals surface area (Å²) in [6, 6.07) is 2.19. The van der Waals surface area contributed by atoms with Crippen LogP contribution in [0.3, 0.4) is 0 Å². The molecular weight excluding hydrogens is 487 g/mol. The van der Waals surface area contributed by atoms with Crippen molar-refractivity contribution in [1.29, 1.82) is 0 Å². The minimum absolute atomic E-state index is 0.0642. The van der Waals surface area contributed by atoms with Crippen LogP contribution in [0.5, 0.6) is 0 Å². The number of nitrogens with one attached hydrogen (secondary N) is 1. The van der Waals surface area contributed by atoms with Gasteiger partial charge < -0.3 is 16.0 Å². The number of amides is 2. The Morgan fingerprint density at radius 2 is 1.86 bits per heavy atom. The summed E-state index contributed by atoms with van der Waals surface area (Å²) in [4.78, 5) is 35.9. The van der Waals surface area contributed by atoms with Gasteiger partial charge in [-0.25, -0.2) is 9.50 Å². The van der Waals surface area contributed by atoms with Gasteiger partial charge in [-0.15, -0.1) is 0 Å². The van der Waals surface area contributed by atoms with Crippen molar-refractivity contribution in [3.63, 3.8) is 0 Å². The van der Waals surface area contributed by atoms with Crippen LogP contribution in [0.25, 0.3) is 16.8 Å². The average molecular weight is 516 g/mol. The van der Waals surface area contributed by atoms with Crippen molar-refractivity contribution in [3.05, 3.63) is 41.5 Å². The van der Waals surface area contributed by atoms with Crippen molar-refractivity contribution >= 4 is 23.1 Å². The second-order valence-corrected chi connectivity index (χ2v) is 9.99. The third-order valence-corrected chi connectivity index (χ3v) is 7.46. The molecule has 0 unspecified atom stereocenters. The summed E-state index contributed by atoms with van der Waals surface area (Å²) in [7, 11) is 0. The molecule has 3 N–H and O–H groups in total. The quantitative estimate of drug-likeness (QED) is 0.549. The number of pyridine rings is 1. The number of nitrogen functional groups attached to an aromatic ring is 1. The smallest absolute Gasteiger partial charge is 0.382 e. The van der Waals surface area contributed by atoms with Gasteiger partial charge in [-0.3, -0.25) is 14.6 Å². The summed E-state index contributed by atoms with van der Waals surface area (Å²) in [5, 5.41) is 6.97. The molecule has 0 bridgehead atoms. The first kappa shape index (κ1) is 25.0. The van der Waals surface area contributed by atoms with Crippen LogP contribution in [0, 0.1) is 18.8 Å². The third kappa shape index (κ3) is 4.60. The van der Waals surface area contributed by atoms with E-state index in [9.17, 15) is 22.8 Å². The lowest BCUT2D eigenvalue weighted by Gasteiger charge is -2.20. The second kappa shape index (κ2) is 9.31. The first-order valence-electron chi connectivity index (χ1n) is 12.3. The van der Waals surface area contributed by atoms with Gasteiger partial charge >= 0.3 is 6.18 Å². The van der Waals surface area contributed by atoms with Crippen molar-refractivity contribution in [2.24, 2.45) is 11.8 Å². The molecule has 1 saturated heterocycles. The zero-order valence-electron chi connectivity index (χ0n) is 20.5. The van der Waals surface area contributed by atoms with Crippen LogP contribution in [0.2, 0.25) is 0 Å². The number of hydrogen-bond acceptors (Lipinski definition) is 6. The van der Waals surface area contributed by atoms with Crippen LogP contribution >= 0.6 is 0 Å². The lowest BCUT2D eigenvalue weighted by molar-refractivity contribution is -0.136. The number of nitrogens with two attached hydrogens (primary N) is 1. The number of aryl methyl sites for hydroxylation is 1. The Balaban J connectivity index is 1.41. The van der Waals surface area contributed by atoms with Gasteiger partial charge in [0.05, 0.1) is 28.6 Å². The predicted octanol–water partition coefficient (Wildman–Crippen LogP) is 3.47. The lowest BCUT2D eigenvalue weighted by atomic mass is 10.0. The minimum Gasteiger partial charge on any atom is -0.382 e. The van der Waals surface area contributed by atoms with Gasteiger partial charge in [0, 0.05) is 30.8 Å². The fourth-order valence-corrected chi connectivity index (χ4v) is 5.40. The Hall–Kier alpha value is -3.70. The first-order chi connectivity index (χ1) is 17.5. The van der Waals surface area contributed by atoms with E-state index >= 15 is 0 Å². The maximum atomic E-state index is 13.7. The maximum absolute atomic E-state index is 13.7. The largest absolute Gasteiger partial charge is 0.418 e. The molecule has 1 aliphatic carbocycles. The number of fused-ring (bicyclic) bond motifs is 1. The van der Waals surface area contributed by atoms with Crippen molar-refractivity contribution in [2.75, 3.05) is 18.8 Å². The van der Waals surface area contributed by atoms with Gasteiger partial charge in [0.2, 0.25) is 5.91 Å². The summed E-state index contributed by atoms with van der Waals surface area (Å²) < 4.78 is 42.2. The number of halogens is 3. The van der Waals surface area contributed by atoms with E-state index in [0.717, 1.165) is 42.6 Å². The number of likely N-dealkylation sites (tertiary alicyclic amines) is 1. The summed E-state index contributed by atoms with van der Waals surface area (Å²) in [5.74, 6) is -0.415. The number of carbonyl (C=O) groups excluding carboxylic acids is 2. The highest BCUT2D eigenvalue weighted by Crippen LogP contribution is 2.38. The number of hydrogen-bond donors (Lipinski definition) is 2. The molecule has 37 heavy (non-hydrogen) atoms. The fraction of sp³-hybridized carbons (Fsp3) is 0.480. The van der Waals surface area contributed by atoms with Crippen LogP contribution in [-0.2, 0) is 11.0 Å². The van der Waals surface area contributed by atoms with E-state index < -0.39 is 17.6 Å². The molecule has 196 valence electrons. The highest BCUT2D eigenvalue weighted by Gasteiger charge is 2.38. The summed E-state index contributed by atoms with van der Waals surface area (Å²) in [6.45, 7) is 4.66. The van der Waals surface area contributed by atoms with E-state index in [-0.39, 0.29) is 51.9 Å². The average Bonchev–Trinajstić information content (AvgIpc) is 3.58. The topological polar surface area (TPSA) is 119 Å². The molecule has 5 rings (SSSR count). The zero-order chi connectivity index (χ0) is 26.5. The number of nitrogens with zero attached hydrogens (tertiary/aromatic N) is 5. The minimum atomic E-state index is -4.68. The Bertz CT molecular complexity index is 1360. The van der Waals surface area contributed by atoms with E-state index in [1.807, 2.05) is 11.8 Å². The van der Waals surface area contributed by atoms with Gasteiger partial charge in [-0.2, -0.15) is 18.3 Å². The molecule has 12 heteroatoms. The van der Waals surface area contributed by atoms with Crippen LogP contribution in [0.15, 0.2) is 24.7 Å². The Kier molecular flexibility index (Phi) is 6.28. The summed E-state index contributed by atoms with van der Waals surface area (Å²) in [5.41, 5.74) is 5.43. The van der Waals surface area contributed by atoms with Crippen LogP contribution < -0.4 is 11.1 Å². The number of anilines is 1. The highest BCUT2D eigenvalue weighted by molar-refractivity contribution is 5.96. The van der Waals surface area contributed by atoms with E-state index in [1.54, 1.807) is 6.92 Å². The normalized spacial score (nSPS) is 20.6. The molecule has 0 aromatic carbocycles. The molecule has 1 aliphatic heterocycles. The highest BCUT2D eigenvalue weighted by atomic mass is 19.4. The van der Waals surface area contributed by atoms with Crippen LogP contribution in [0.1, 0.15) is 54.2 Å². The zero-order valence-corrected chi connectivity index (χ0v) is 20.5. The van der Waals surface area contributed by atoms with E-state index in [4.69, 9.17) is 5.73 Å². The van der Waals surface area contributed by atoms with Gasteiger partial charge in [0.1, 0.15) is 11.8 Å². The summed E-state index contributed by atoms with van der Waals surface area (Å²) >= 11 is 0. The number of aromatic nitrogens is 4. The van der Waals surface area contributed by atoms with Crippen molar-refractivity contribution in [3.8, 4) is 11.3 Å². The Morgan fingerprint density at radius 1 is 1.14 bits per heavy atom. The molecule has 4 heterocycles. The van der Waals surface area contributed by atoms with Crippen molar-refractivity contribution < 1.29 is 22.8 Å². The maximum Gasteiger partial charge on any atom is 0.418 e. The van der Waals surface area contributed by atoms with Crippen LogP contribution in [-0.4, -0.2) is 55.4 Å². The van der Waals surface area contributed by atoms with E-state index in [0.29, 0.717) is 18.8 Å². The van der Waals surface area contributed by atoms with Gasteiger partial charge in [-0.05, 0) is 37.8 Å². The van der Waals surface area contributed by atoms with E-state index in [1.165, 1.54) is 12.3 Å². The Morgan fingerprint density at radius 3 is 2.57 bits per heavy atom. The second-order valence-electron chi connectivity index (χ2n) is 9.99. The Labute approximate surface area is 211 Å². The molecule has 2 atom stereocenters. The molecule has 3 aromatic heterocycles. The van der Waals surface area contributed by atoms with Crippen molar-refractivity contribution in [2.45, 2.75) is 51.7 Å². The molecule has 1 saturated carbocycles. The predicted molar refractivity (Wildman–Crippen MR) is 129 cm³/mol. The summed E-state index contributed by atoms with van der Waals surface area (Å²) in [6.07, 6.45) is 1.76. The number of alkyl halides is 3. The molecular formula is C25H28F3N7O2. The molecule has 2 fully saturated rings. The number of carbonyl (C=O) groups is 2. The molecule has 0 spiro atoms. The monoisotopic (exact) mass is 515 g/mol. The molecule has 9 nitrogen and oxygen atoms in total. The van der Waals surface area contributed by atoms with E-state index in [2.05, 4.69) is 20.4 Å².